The summed E-state index contributed by atoms with van der Waals surface area (Å²) in [4.78, 5) is 25.1. The van der Waals surface area contributed by atoms with Crippen LogP contribution in [0.15, 0.2) is 11.8 Å². The summed E-state index contributed by atoms with van der Waals surface area (Å²) in [5, 5.41) is 17.7. The molecule has 160 valence electrons. The van der Waals surface area contributed by atoms with Crippen LogP contribution in [0.1, 0.15) is 78.1 Å². The molecule has 0 spiro atoms. The number of rotatable bonds is 2. The maximum Gasteiger partial charge on any atom is 0.223 e. The molecule has 4 fully saturated rings. The van der Waals surface area contributed by atoms with Crippen LogP contribution in [0.25, 0.3) is 0 Å². The van der Waals surface area contributed by atoms with Gasteiger partial charge in [0.2, 0.25) is 11.8 Å². The van der Waals surface area contributed by atoms with E-state index in [1.54, 1.807) is 0 Å². The van der Waals surface area contributed by atoms with E-state index < -0.39 is 6.10 Å². The van der Waals surface area contributed by atoms with Crippen LogP contribution < -0.4 is 10.6 Å². The summed E-state index contributed by atoms with van der Waals surface area (Å²) < 4.78 is 0. The summed E-state index contributed by atoms with van der Waals surface area (Å²) in [5.41, 5.74) is 1.09. The van der Waals surface area contributed by atoms with E-state index in [0.717, 1.165) is 44.9 Å². The molecule has 0 aromatic carbocycles. The summed E-state index contributed by atoms with van der Waals surface area (Å²) in [7, 11) is 0. The third-order valence-electron chi connectivity index (χ3n) is 9.71. The summed E-state index contributed by atoms with van der Waals surface area (Å²) in [5.74, 6) is 1.50. The number of carbonyl (C=O) groups is 2. The molecule has 29 heavy (non-hydrogen) atoms. The predicted octanol–water partition coefficient (Wildman–Crippen LogP) is 3.28. The number of aliphatic hydroxyl groups excluding tert-OH is 1. The molecule has 0 radical (unpaired) electrons. The van der Waals surface area contributed by atoms with Crippen LogP contribution >= 0.6 is 0 Å². The van der Waals surface area contributed by atoms with Gasteiger partial charge in [-0.05, 0) is 91.9 Å². The van der Waals surface area contributed by atoms with Crippen molar-refractivity contribution in [1.82, 2.24) is 10.6 Å². The normalized spacial score (nSPS) is 46.9. The number of hydrogen-bond acceptors (Lipinski definition) is 3. The molecule has 4 saturated carbocycles. The summed E-state index contributed by atoms with van der Waals surface area (Å²) in [6.07, 6.45) is 11.2. The van der Waals surface area contributed by atoms with Crippen molar-refractivity contribution in [2.45, 2.75) is 90.2 Å². The average molecular weight is 401 g/mol. The Morgan fingerprint density at radius 1 is 1.17 bits per heavy atom. The van der Waals surface area contributed by atoms with Gasteiger partial charge in [-0.25, -0.2) is 0 Å². The van der Waals surface area contributed by atoms with E-state index in [2.05, 4.69) is 24.5 Å². The van der Waals surface area contributed by atoms with Gasteiger partial charge in [0.25, 0.3) is 0 Å². The van der Waals surface area contributed by atoms with E-state index in [0.29, 0.717) is 30.7 Å². The lowest BCUT2D eigenvalue weighted by atomic mass is 9.47. The molecular formula is C24H36N2O3. The fourth-order valence-electron chi connectivity index (χ4n) is 7.94. The molecule has 2 amide bonds. The molecule has 0 aromatic rings. The second kappa shape index (κ2) is 6.83. The molecule has 7 atom stereocenters. The van der Waals surface area contributed by atoms with Crippen molar-refractivity contribution in [2.24, 2.45) is 34.5 Å². The van der Waals surface area contributed by atoms with Gasteiger partial charge in [0.05, 0.1) is 6.10 Å². The van der Waals surface area contributed by atoms with Gasteiger partial charge in [-0.15, -0.1) is 0 Å². The van der Waals surface area contributed by atoms with Gasteiger partial charge < -0.3 is 15.7 Å². The van der Waals surface area contributed by atoms with Gasteiger partial charge in [0.1, 0.15) is 0 Å². The molecule has 0 bridgehead atoms. The minimum atomic E-state index is -0.403. The van der Waals surface area contributed by atoms with Crippen LogP contribution in [0, 0.1) is 34.5 Å². The van der Waals surface area contributed by atoms with Crippen molar-refractivity contribution >= 4 is 11.8 Å². The van der Waals surface area contributed by atoms with Gasteiger partial charge in [-0.2, -0.15) is 0 Å². The molecule has 0 saturated heterocycles. The zero-order chi connectivity index (χ0) is 20.4. The van der Waals surface area contributed by atoms with E-state index in [1.807, 2.05) is 6.20 Å². The lowest BCUT2D eigenvalue weighted by Gasteiger charge is -2.58. The third-order valence-corrected chi connectivity index (χ3v) is 9.71. The number of allylic oxidation sites excluding steroid dienone is 1. The molecule has 1 heterocycles. The number of hydrogen-bond donors (Lipinski definition) is 3. The van der Waals surface area contributed by atoms with Crippen molar-refractivity contribution in [3.63, 3.8) is 0 Å². The molecule has 5 nitrogen and oxygen atoms in total. The van der Waals surface area contributed by atoms with Crippen molar-refractivity contribution in [2.75, 3.05) is 0 Å². The largest absolute Gasteiger partial charge is 0.393 e. The maximum absolute atomic E-state index is 13.1. The zero-order valence-electron chi connectivity index (χ0n) is 17.9. The molecule has 3 N–H and O–H groups in total. The quantitative estimate of drug-likeness (QED) is 0.666. The molecule has 0 aromatic heterocycles. The Bertz CT molecular complexity index is 744. The lowest BCUT2D eigenvalue weighted by Crippen LogP contribution is -2.57. The first-order valence-electron chi connectivity index (χ1n) is 11.8. The number of nitrogens with one attached hydrogen (secondary N) is 2. The van der Waals surface area contributed by atoms with Gasteiger partial charge in [-0.1, -0.05) is 13.8 Å². The maximum atomic E-state index is 13.1. The van der Waals surface area contributed by atoms with Crippen molar-refractivity contribution < 1.29 is 14.7 Å². The highest BCUT2D eigenvalue weighted by molar-refractivity contribution is 5.80. The first-order valence-corrected chi connectivity index (χ1v) is 11.8. The van der Waals surface area contributed by atoms with E-state index in [-0.39, 0.29) is 34.5 Å². The fourth-order valence-corrected chi connectivity index (χ4v) is 7.94. The van der Waals surface area contributed by atoms with Crippen LogP contribution in [0.4, 0.5) is 0 Å². The molecule has 5 aliphatic rings. The standard InChI is InChI=1S/C24H36N2O3/c1-23-11-10-20(28)25-13-14(23)6-7-16-17-8-9-18(22(29)26-15-4-3-5-15)24(17,2)12-19(27)21(16)23/h13,15-19,21,27H,3-12H2,1-2H3,(H,25,28)(H,26,29)/t16?,17?,18-,19+,21?,23+,24+/m1/s1. The zero-order valence-corrected chi connectivity index (χ0v) is 17.9. The Labute approximate surface area is 174 Å². The number of fused-ring (bicyclic) bond motifs is 5. The Hall–Kier alpha value is -1.36. The smallest absolute Gasteiger partial charge is 0.223 e. The Kier molecular flexibility index (Phi) is 4.61. The van der Waals surface area contributed by atoms with Crippen molar-refractivity contribution in [3.8, 4) is 0 Å². The minimum Gasteiger partial charge on any atom is -0.393 e. The Morgan fingerprint density at radius 3 is 2.69 bits per heavy atom. The van der Waals surface area contributed by atoms with E-state index in [1.165, 1.54) is 12.0 Å². The molecular weight excluding hydrogens is 364 g/mol. The molecule has 5 rings (SSSR count). The van der Waals surface area contributed by atoms with Crippen LogP contribution in [-0.2, 0) is 9.59 Å². The first-order chi connectivity index (χ1) is 13.8. The summed E-state index contributed by atoms with van der Waals surface area (Å²) in [6, 6.07) is 0.378. The minimum absolute atomic E-state index is 0.0332. The first kappa shape index (κ1) is 19.6. The van der Waals surface area contributed by atoms with Gasteiger partial charge in [0.15, 0.2) is 0 Å². The van der Waals surface area contributed by atoms with Gasteiger partial charge in [-0.3, -0.25) is 9.59 Å². The highest BCUT2D eigenvalue weighted by Gasteiger charge is 2.62. The van der Waals surface area contributed by atoms with E-state index >= 15 is 0 Å². The fraction of sp³-hybridized carbons (Fsp3) is 0.833. The molecule has 1 aliphatic heterocycles. The van der Waals surface area contributed by atoms with Crippen LogP contribution in [0.2, 0.25) is 0 Å². The van der Waals surface area contributed by atoms with Crippen LogP contribution in [0.3, 0.4) is 0 Å². The topological polar surface area (TPSA) is 78.4 Å². The SMILES string of the molecule is C[C@]12CCC(=O)NC=C1CCC1C2[C@@H](O)C[C@@]2(C)C1CC[C@@H]2C(=O)NC1CCC1. The van der Waals surface area contributed by atoms with Crippen molar-refractivity contribution in [3.05, 3.63) is 11.8 Å². The number of amides is 2. The monoisotopic (exact) mass is 400 g/mol. The second-order valence-electron chi connectivity index (χ2n) is 11.0. The van der Waals surface area contributed by atoms with Crippen LogP contribution in [-0.4, -0.2) is 29.1 Å². The molecule has 3 unspecified atom stereocenters. The van der Waals surface area contributed by atoms with E-state index in [4.69, 9.17) is 0 Å². The number of aliphatic hydroxyl groups is 1. The van der Waals surface area contributed by atoms with Crippen molar-refractivity contribution in [1.29, 1.82) is 0 Å². The highest BCUT2D eigenvalue weighted by Crippen LogP contribution is 2.66. The Morgan fingerprint density at radius 2 is 1.97 bits per heavy atom. The van der Waals surface area contributed by atoms with Crippen LogP contribution in [0.5, 0.6) is 0 Å². The summed E-state index contributed by atoms with van der Waals surface area (Å²) >= 11 is 0. The Balaban J connectivity index is 1.42. The summed E-state index contributed by atoms with van der Waals surface area (Å²) in [6.45, 7) is 4.55. The van der Waals surface area contributed by atoms with Gasteiger partial charge in [0, 0.05) is 24.6 Å². The molecule has 4 aliphatic carbocycles. The average Bonchev–Trinajstić information content (AvgIpc) is 2.90. The second-order valence-corrected chi connectivity index (χ2v) is 11.0. The molecule has 5 heteroatoms. The van der Waals surface area contributed by atoms with E-state index in [9.17, 15) is 14.7 Å². The van der Waals surface area contributed by atoms with Gasteiger partial charge >= 0.3 is 0 Å². The highest BCUT2D eigenvalue weighted by atomic mass is 16.3. The predicted molar refractivity (Wildman–Crippen MR) is 111 cm³/mol. The lowest BCUT2D eigenvalue weighted by molar-refractivity contribution is -0.145. The third kappa shape index (κ3) is 2.90. The number of carbonyl (C=O) groups excluding carboxylic acids is 2.